The van der Waals surface area contributed by atoms with Gasteiger partial charge in [0.15, 0.2) is 0 Å². The maximum atomic E-state index is 12.2. The number of rotatable bonds is 4. The molecule has 0 radical (unpaired) electrons. The van der Waals surface area contributed by atoms with Crippen LogP contribution in [0.3, 0.4) is 0 Å². The summed E-state index contributed by atoms with van der Waals surface area (Å²) in [6.07, 6.45) is 7.55. The van der Waals surface area contributed by atoms with Crippen LogP contribution in [0.1, 0.15) is 46.0 Å². The van der Waals surface area contributed by atoms with Crippen molar-refractivity contribution in [2.45, 2.75) is 58.2 Å². The summed E-state index contributed by atoms with van der Waals surface area (Å²) in [6, 6.07) is 0. The fourth-order valence-corrected chi connectivity index (χ4v) is 2.92. The zero-order valence-electron chi connectivity index (χ0n) is 12.8. The van der Waals surface area contributed by atoms with Gasteiger partial charge in [0.25, 0.3) is 0 Å². The van der Waals surface area contributed by atoms with Crippen molar-refractivity contribution in [3.8, 4) is 0 Å². The maximum absolute atomic E-state index is 12.2. The van der Waals surface area contributed by atoms with E-state index in [1.54, 1.807) is 0 Å². The predicted molar refractivity (Wildman–Crippen MR) is 78.6 cm³/mol. The van der Waals surface area contributed by atoms with Gasteiger partial charge in [-0.3, -0.25) is 4.79 Å². The molecular formula is C16H27NO3. The van der Waals surface area contributed by atoms with E-state index in [4.69, 9.17) is 9.47 Å². The second kappa shape index (κ2) is 7.79. The standard InChI is InChI=1S/C16H27NO3/c1-3-4-13(2)16(18)17-9-5-14(6-10-17)20-15-7-11-19-12-8-15/h4,14-15H,3,5-12H2,1-2H3/b13-4+. The molecule has 2 aliphatic heterocycles. The number of likely N-dealkylation sites (tertiary alicyclic amines) is 1. The van der Waals surface area contributed by atoms with Crippen LogP contribution in [0.2, 0.25) is 0 Å². The van der Waals surface area contributed by atoms with Gasteiger partial charge in [0, 0.05) is 31.9 Å². The highest BCUT2D eigenvalue weighted by molar-refractivity contribution is 5.92. The third-order valence-electron chi connectivity index (χ3n) is 4.13. The van der Waals surface area contributed by atoms with Gasteiger partial charge in [-0.15, -0.1) is 0 Å². The molecule has 4 heteroatoms. The fraction of sp³-hybridized carbons (Fsp3) is 0.812. The van der Waals surface area contributed by atoms with Crippen LogP contribution in [0.15, 0.2) is 11.6 Å². The average Bonchev–Trinajstić information content (AvgIpc) is 2.48. The van der Waals surface area contributed by atoms with Gasteiger partial charge in [0.1, 0.15) is 0 Å². The first-order chi connectivity index (χ1) is 9.70. The minimum Gasteiger partial charge on any atom is -0.381 e. The predicted octanol–water partition coefficient (Wildman–Crippen LogP) is 2.53. The Bertz CT molecular complexity index is 340. The second-order valence-corrected chi connectivity index (χ2v) is 5.73. The van der Waals surface area contributed by atoms with Crippen LogP contribution >= 0.6 is 0 Å². The summed E-state index contributed by atoms with van der Waals surface area (Å²) in [6.45, 7) is 7.26. The normalized spacial score (nSPS) is 23.1. The van der Waals surface area contributed by atoms with Crippen LogP contribution in [0.25, 0.3) is 0 Å². The van der Waals surface area contributed by atoms with Crippen LogP contribution in [0.5, 0.6) is 0 Å². The van der Waals surface area contributed by atoms with Crippen molar-refractivity contribution >= 4 is 5.91 Å². The van der Waals surface area contributed by atoms with Crippen molar-refractivity contribution in [3.63, 3.8) is 0 Å². The van der Waals surface area contributed by atoms with E-state index >= 15 is 0 Å². The number of hydrogen-bond acceptors (Lipinski definition) is 3. The molecule has 0 aromatic carbocycles. The topological polar surface area (TPSA) is 38.8 Å². The molecule has 0 bridgehead atoms. The van der Waals surface area contributed by atoms with Gasteiger partial charge in [0.05, 0.1) is 12.2 Å². The van der Waals surface area contributed by atoms with Crippen LogP contribution in [0, 0.1) is 0 Å². The molecule has 114 valence electrons. The summed E-state index contributed by atoms with van der Waals surface area (Å²) in [5, 5.41) is 0. The number of ether oxygens (including phenoxy) is 2. The average molecular weight is 281 g/mol. The summed E-state index contributed by atoms with van der Waals surface area (Å²) >= 11 is 0. The lowest BCUT2D eigenvalue weighted by atomic mass is 10.1. The molecule has 2 aliphatic rings. The Labute approximate surface area is 122 Å². The highest BCUT2D eigenvalue weighted by Gasteiger charge is 2.26. The second-order valence-electron chi connectivity index (χ2n) is 5.73. The molecule has 0 saturated carbocycles. The fourth-order valence-electron chi connectivity index (χ4n) is 2.92. The largest absolute Gasteiger partial charge is 0.381 e. The first-order valence-electron chi connectivity index (χ1n) is 7.90. The van der Waals surface area contributed by atoms with E-state index in [1.807, 2.05) is 17.9 Å². The summed E-state index contributed by atoms with van der Waals surface area (Å²) in [4.78, 5) is 14.1. The number of hydrogen-bond donors (Lipinski definition) is 0. The number of carbonyl (C=O) groups is 1. The van der Waals surface area contributed by atoms with Crippen LogP contribution in [-0.2, 0) is 14.3 Å². The van der Waals surface area contributed by atoms with Crippen molar-refractivity contribution in [1.82, 2.24) is 4.90 Å². The number of nitrogens with zero attached hydrogens (tertiary/aromatic N) is 1. The maximum Gasteiger partial charge on any atom is 0.249 e. The van der Waals surface area contributed by atoms with Gasteiger partial charge in [-0.1, -0.05) is 13.0 Å². The molecule has 0 aromatic rings. The molecule has 0 unspecified atom stereocenters. The summed E-state index contributed by atoms with van der Waals surface area (Å²) < 4.78 is 11.5. The summed E-state index contributed by atoms with van der Waals surface area (Å²) in [5.41, 5.74) is 0.872. The molecule has 0 atom stereocenters. The molecule has 0 aromatic heterocycles. The lowest BCUT2D eigenvalue weighted by molar-refractivity contribution is -0.131. The van der Waals surface area contributed by atoms with E-state index < -0.39 is 0 Å². The summed E-state index contributed by atoms with van der Waals surface area (Å²) in [7, 11) is 0. The number of amides is 1. The van der Waals surface area contributed by atoms with E-state index in [-0.39, 0.29) is 5.91 Å². The number of allylic oxidation sites excluding steroid dienone is 1. The molecule has 2 heterocycles. The highest BCUT2D eigenvalue weighted by Crippen LogP contribution is 2.20. The van der Waals surface area contributed by atoms with Crippen molar-refractivity contribution in [2.75, 3.05) is 26.3 Å². The first-order valence-corrected chi connectivity index (χ1v) is 7.90. The lowest BCUT2D eigenvalue weighted by Crippen LogP contribution is -2.42. The molecule has 0 spiro atoms. The molecule has 1 amide bonds. The number of piperidine rings is 1. The van der Waals surface area contributed by atoms with Gasteiger partial charge in [0.2, 0.25) is 5.91 Å². The van der Waals surface area contributed by atoms with E-state index in [9.17, 15) is 4.79 Å². The van der Waals surface area contributed by atoms with Gasteiger partial charge in [-0.2, -0.15) is 0 Å². The Morgan fingerprint density at radius 3 is 2.40 bits per heavy atom. The van der Waals surface area contributed by atoms with Crippen molar-refractivity contribution in [2.24, 2.45) is 0 Å². The van der Waals surface area contributed by atoms with Crippen LogP contribution in [0.4, 0.5) is 0 Å². The molecule has 0 N–H and O–H groups in total. The Morgan fingerprint density at radius 1 is 1.20 bits per heavy atom. The van der Waals surface area contributed by atoms with E-state index in [0.29, 0.717) is 12.2 Å². The smallest absolute Gasteiger partial charge is 0.249 e. The Hall–Kier alpha value is -0.870. The minimum atomic E-state index is 0.191. The molecular weight excluding hydrogens is 254 g/mol. The zero-order chi connectivity index (χ0) is 14.4. The summed E-state index contributed by atoms with van der Waals surface area (Å²) in [5.74, 6) is 0.191. The monoisotopic (exact) mass is 281 g/mol. The molecule has 0 aliphatic carbocycles. The van der Waals surface area contributed by atoms with E-state index in [0.717, 1.165) is 64.0 Å². The number of carbonyl (C=O) groups excluding carboxylic acids is 1. The quantitative estimate of drug-likeness (QED) is 0.743. The van der Waals surface area contributed by atoms with Gasteiger partial charge < -0.3 is 14.4 Å². The SMILES string of the molecule is CC/C=C(\C)C(=O)N1CCC(OC2CCOCC2)CC1. The molecule has 4 nitrogen and oxygen atoms in total. The molecule has 2 saturated heterocycles. The van der Waals surface area contributed by atoms with Crippen LogP contribution < -0.4 is 0 Å². The van der Waals surface area contributed by atoms with Crippen molar-refractivity contribution in [1.29, 1.82) is 0 Å². The zero-order valence-corrected chi connectivity index (χ0v) is 12.8. The Balaban J connectivity index is 1.74. The van der Waals surface area contributed by atoms with Crippen molar-refractivity contribution in [3.05, 3.63) is 11.6 Å². The van der Waals surface area contributed by atoms with Gasteiger partial charge in [-0.05, 0) is 39.0 Å². The van der Waals surface area contributed by atoms with Crippen molar-refractivity contribution < 1.29 is 14.3 Å². The Morgan fingerprint density at radius 2 is 1.80 bits per heavy atom. The molecule has 20 heavy (non-hydrogen) atoms. The third-order valence-corrected chi connectivity index (χ3v) is 4.13. The molecule has 2 rings (SSSR count). The molecule has 2 fully saturated rings. The van der Waals surface area contributed by atoms with E-state index in [2.05, 4.69) is 6.92 Å². The highest BCUT2D eigenvalue weighted by atomic mass is 16.5. The lowest BCUT2D eigenvalue weighted by Gasteiger charge is -2.35. The third kappa shape index (κ3) is 4.32. The Kier molecular flexibility index (Phi) is 6.05. The van der Waals surface area contributed by atoms with Gasteiger partial charge in [-0.25, -0.2) is 0 Å². The first kappa shape index (κ1) is 15.5. The van der Waals surface area contributed by atoms with E-state index in [1.165, 1.54) is 0 Å². The van der Waals surface area contributed by atoms with Crippen LogP contribution in [-0.4, -0.2) is 49.3 Å². The van der Waals surface area contributed by atoms with Gasteiger partial charge >= 0.3 is 0 Å². The minimum absolute atomic E-state index is 0.191.